The van der Waals surface area contributed by atoms with Gasteiger partial charge in [-0.1, -0.05) is 6.07 Å². The first-order valence-corrected chi connectivity index (χ1v) is 10.3. The summed E-state index contributed by atoms with van der Waals surface area (Å²) in [5.41, 5.74) is -0.701. The predicted octanol–water partition coefficient (Wildman–Crippen LogP) is 3.40. The summed E-state index contributed by atoms with van der Waals surface area (Å²) >= 11 is 1.31. The standard InChI is InChI=1S/C19H18F3N5OS/c20-19(21,22)16-9-13(15-4-2-8-29-15)23-17-10-14(24-27(16)17)18(28)26-7-6-25-5-1-3-12(25)11-26/h2,4,8-10,12H,1,3,5-7,11H2/t12-/m1/s1. The average molecular weight is 421 g/mol. The Labute approximate surface area is 168 Å². The fourth-order valence-electron chi connectivity index (χ4n) is 4.17. The van der Waals surface area contributed by atoms with E-state index >= 15 is 0 Å². The summed E-state index contributed by atoms with van der Waals surface area (Å²) in [5.74, 6) is -0.340. The molecule has 0 aliphatic carbocycles. The highest BCUT2D eigenvalue weighted by molar-refractivity contribution is 7.13. The highest BCUT2D eigenvalue weighted by atomic mass is 32.1. The first kappa shape index (κ1) is 18.6. The van der Waals surface area contributed by atoms with Crippen molar-refractivity contribution in [3.63, 3.8) is 0 Å². The van der Waals surface area contributed by atoms with E-state index in [1.165, 1.54) is 17.4 Å². The molecule has 0 radical (unpaired) electrons. The minimum absolute atomic E-state index is 0.00206. The number of carbonyl (C=O) groups is 1. The number of alkyl halides is 3. The van der Waals surface area contributed by atoms with Gasteiger partial charge in [0.1, 0.15) is 0 Å². The van der Waals surface area contributed by atoms with Gasteiger partial charge >= 0.3 is 6.18 Å². The quantitative estimate of drug-likeness (QED) is 0.637. The number of piperazine rings is 1. The van der Waals surface area contributed by atoms with Crippen molar-refractivity contribution in [3.05, 3.63) is 41.0 Å². The zero-order valence-corrected chi connectivity index (χ0v) is 16.2. The van der Waals surface area contributed by atoms with Crippen LogP contribution in [0.25, 0.3) is 16.2 Å². The van der Waals surface area contributed by atoms with Crippen LogP contribution in [0.4, 0.5) is 13.2 Å². The first-order valence-electron chi connectivity index (χ1n) is 9.45. The SMILES string of the molecule is O=C(c1cc2nc(-c3cccs3)cc(C(F)(F)F)n2n1)N1CCN2CCC[C@@H]2C1. The largest absolute Gasteiger partial charge is 0.433 e. The van der Waals surface area contributed by atoms with E-state index in [0.29, 0.717) is 24.0 Å². The Morgan fingerprint density at radius 3 is 2.83 bits per heavy atom. The van der Waals surface area contributed by atoms with E-state index in [2.05, 4.69) is 15.0 Å². The van der Waals surface area contributed by atoms with E-state index in [1.807, 2.05) is 0 Å². The monoisotopic (exact) mass is 421 g/mol. The lowest BCUT2D eigenvalue weighted by molar-refractivity contribution is -0.142. The van der Waals surface area contributed by atoms with Crippen molar-refractivity contribution in [1.29, 1.82) is 0 Å². The van der Waals surface area contributed by atoms with Crippen LogP contribution in [0.2, 0.25) is 0 Å². The molecule has 29 heavy (non-hydrogen) atoms. The molecule has 3 aromatic heterocycles. The Kier molecular flexibility index (Phi) is 4.36. The van der Waals surface area contributed by atoms with Gasteiger partial charge in [0.15, 0.2) is 17.0 Å². The second-order valence-electron chi connectivity index (χ2n) is 7.38. The van der Waals surface area contributed by atoms with Crippen molar-refractivity contribution in [3.8, 4) is 10.6 Å². The van der Waals surface area contributed by atoms with E-state index in [1.54, 1.807) is 22.4 Å². The summed E-state index contributed by atoms with van der Waals surface area (Å²) in [7, 11) is 0. The molecule has 2 saturated heterocycles. The molecule has 0 unspecified atom stereocenters. The van der Waals surface area contributed by atoms with Crippen LogP contribution in [-0.4, -0.2) is 62.5 Å². The third kappa shape index (κ3) is 3.29. The van der Waals surface area contributed by atoms with Gasteiger partial charge in [-0.3, -0.25) is 9.69 Å². The number of hydrogen-bond acceptors (Lipinski definition) is 5. The number of hydrogen-bond donors (Lipinski definition) is 0. The molecule has 5 rings (SSSR count). The Balaban J connectivity index is 1.53. The van der Waals surface area contributed by atoms with Crippen LogP contribution >= 0.6 is 11.3 Å². The van der Waals surface area contributed by atoms with Gasteiger partial charge < -0.3 is 4.90 Å². The fraction of sp³-hybridized carbons (Fsp3) is 0.421. The summed E-state index contributed by atoms with van der Waals surface area (Å²) in [4.78, 5) is 22.0. The lowest BCUT2D eigenvalue weighted by atomic mass is 10.1. The number of halogens is 3. The maximum Gasteiger partial charge on any atom is 0.433 e. The third-order valence-electron chi connectivity index (χ3n) is 5.58. The van der Waals surface area contributed by atoms with Crippen LogP contribution in [0.1, 0.15) is 29.0 Å². The molecule has 6 nitrogen and oxygen atoms in total. The molecule has 1 amide bonds. The Morgan fingerprint density at radius 1 is 1.21 bits per heavy atom. The minimum atomic E-state index is -4.62. The van der Waals surface area contributed by atoms with Crippen molar-refractivity contribution in [2.75, 3.05) is 26.2 Å². The number of aromatic nitrogens is 3. The van der Waals surface area contributed by atoms with Gasteiger partial charge in [0.05, 0.1) is 10.6 Å². The number of thiophene rings is 1. The van der Waals surface area contributed by atoms with Crippen LogP contribution in [0.15, 0.2) is 29.6 Å². The van der Waals surface area contributed by atoms with Gasteiger partial charge in [0.2, 0.25) is 0 Å². The second-order valence-corrected chi connectivity index (χ2v) is 8.33. The van der Waals surface area contributed by atoms with Gasteiger partial charge in [-0.2, -0.15) is 18.3 Å². The summed E-state index contributed by atoms with van der Waals surface area (Å²) in [6.07, 6.45) is -2.46. The van der Waals surface area contributed by atoms with Crippen LogP contribution in [0.5, 0.6) is 0 Å². The molecule has 2 aliphatic rings. The molecule has 0 aromatic carbocycles. The smallest absolute Gasteiger partial charge is 0.334 e. The van der Waals surface area contributed by atoms with E-state index in [-0.39, 0.29) is 22.9 Å². The van der Waals surface area contributed by atoms with Crippen LogP contribution < -0.4 is 0 Å². The van der Waals surface area contributed by atoms with E-state index in [4.69, 9.17) is 0 Å². The van der Waals surface area contributed by atoms with E-state index < -0.39 is 11.9 Å². The molecule has 152 valence electrons. The normalized spacial score (nSPS) is 20.4. The second kappa shape index (κ2) is 6.81. The molecular formula is C19H18F3N5OS. The number of rotatable bonds is 2. The molecular weight excluding hydrogens is 403 g/mol. The Morgan fingerprint density at radius 2 is 2.07 bits per heavy atom. The molecule has 0 spiro atoms. The topological polar surface area (TPSA) is 53.7 Å². The molecule has 1 atom stereocenters. The molecule has 0 N–H and O–H groups in total. The maximum absolute atomic E-state index is 13.7. The lowest BCUT2D eigenvalue weighted by Crippen LogP contribution is -2.52. The van der Waals surface area contributed by atoms with Crippen molar-refractivity contribution in [2.45, 2.75) is 25.1 Å². The average Bonchev–Trinajstić information content (AvgIpc) is 3.44. The third-order valence-corrected chi connectivity index (χ3v) is 6.48. The number of carbonyl (C=O) groups excluding carboxylic acids is 1. The van der Waals surface area contributed by atoms with Crippen LogP contribution in [-0.2, 0) is 6.18 Å². The molecule has 3 aromatic rings. The van der Waals surface area contributed by atoms with Crippen LogP contribution in [0.3, 0.4) is 0 Å². The van der Waals surface area contributed by atoms with Crippen LogP contribution in [0, 0.1) is 0 Å². The maximum atomic E-state index is 13.7. The zero-order chi connectivity index (χ0) is 20.2. The molecule has 2 fully saturated rings. The highest BCUT2D eigenvalue weighted by Crippen LogP contribution is 2.33. The molecule has 5 heterocycles. The Hall–Kier alpha value is -2.46. The summed E-state index contributed by atoms with van der Waals surface area (Å²) in [6, 6.07) is 6.15. The van der Waals surface area contributed by atoms with E-state index in [9.17, 15) is 18.0 Å². The van der Waals surface area contributed by atoms with Gasteiger partial charge in [-0.15, -0.1) is 11.3 Å². The minimum Gasteiger partial charge on any atom is -0.334 e. The zero-order valence-electron chi connectivity index (χ0n) is 15.4. The fourth-order valence-corrected chi connectivity index (χ4v) is 4.86. The van der Waals surface area contributed by atoms with Crippen molar-refractivity contribution in [2.24, 2.45) is 0 Å². The number of fused-ring (bicyclic) bond motifs is 2. The summed E-state index contributed by atoms with van der Waals surface area (Å²) < 4.78 is 41.7. The number of amides is 1. The lowest BCUT2D eigenvalue weighted by Gasteiger charge is -2.37. The molecule has 0 bridgehead atoms. The van der Waals surface area contributed by atoms with Crippen molar-refractivity contribution < 1.29 is 18.0 Å². The predicted molar refractivity (Wildman–Crippen MR) is 102 cm³/mol. The van der Waals surface area contributed by atoms with Gasteiger partial charge in [-0.25, -0.2) is 9.50 Å². The van der Waals surface area contributed by atoms with Gasteiger partial charge in [0.25, 0.3) is 5.91 Å². The van der Waals surface area contributed by atoms with E-state index in [0.717, 1.165) is 36.5 Å². The highest BCUT2D eigenvalue weighted by Gasteiger charge is 2.37. The first-order chi connectivity index (χ1) is 13.9. The molecule has 2 aliphatic heterocycles. The van der Waals surface area contributed by atoms with Crippen molar-refractivity contribution >= 4 is 22.9 Å². The summed E-state index contributed by atoms with van der Waals surface area (Å²) in [6.45, 7) is 2.99. The summed E-state index contributed by atoms with van der Waals surface area (Å²) in [5, 5.41) is 5.78. The number of nitrogens with zero attached hydrogens (tertiary/aromatic N) is 5. The Bertz CT molecular complexity index is 1060. The molecule has 10 heteroatoms. The van der Waals surface area contributed by atoms with Crippen molar-refractivity contribution in [1.82, 2.24) is 24.4 Å². The molecule has 0 saturated carbocycles. The van der Waals surface area contributed by atoms with Gasteiger partial charge in [0, 0.05) is 31.7 Å². The van der Waals surface area contributed by atoms with Gasteiger partial charge in [-0.05, 0) is 36.9 Å².